The minimum atomic E-state index is 0.354. The molecule has 2 fully saturated rings. The van der Waals surface area contributed by atoms with Crippen molar-refractivity contribution in [3.63, 3.8) is 0 Å². The Balaban J connectivity index is 1.91. The normalized spacial score (nSPS) is 29.2. The molecule has 0 amide bonds. The van der Waals surface area contributed by atoms with Gasteiger partial charge in [0.15, 0.2) is 11.0 Å². The smallest absolute Gasteiger partial charge is 0.171 e. The summed E-state index contributed by atoms with van der Waals surface area (Å²) in [6.07, 6.45) is 7.21. The maximum atomic E-state index is 6.09. The van der Waals surface area contributed by atoms with Gasteiger partial charge in [-0.25, -0.2) is 9.97 Å². The van der Waals surface area contributed by atoms with Crippen LogP contribution in [0.3, 0.4) is 0 Å². The first kappa shape index (κ1) is 10.3. The molecule has 2 aliphatic rings. The van der Waals surface area contributed by atoms with E-state index in [0.717, 1.165) is 31.8 Å². The van der Waals surface area contributed by atoms with Crippen molar-refractivity contribution in [1.29, 1.82) is 0 Å². The molecule has 3 rings (SSSR count). The minimum absolute atomic E-state index is 0.354. The van der Waals surface area contributed by atoms with Gasteiger partial charge in [-0.2, -0.15) is 0 Å². The summed E-state index contributed by atoms with van der Waals surface area (Å²) in [5, 5.41) is 0.495. The zero-order chi connectivity index (χ0) is 11.0. The first-order chi connectivity index (χ1) is 7.86. The molecule has 2 atom stereocenters. The lowest BCUT2D eigenvalue weighted by Gasteiger charge is -2.38. The Morgan fingerprint density at radius 2 is 2.19 bits per heavy atom. The van der Waals surface area contributed by atoms with Crippen LogP contribution in [0.15, 0.2) is 12.4 Å². The van der Waals surface area contributed by atoms with Crippen LogP contribution in [0.5, 0.6) is 0 Å². The van der Waals surface area contributed by atoms with Crippen molar-refractivity contribution in [2.24, 2.45) is 0 Å². The summed E-state index contributed by atoms with van der Waals surface area (Å²) in [5.74, 6) is 0.810. The van der Waals surface area contributed by atoms with Gasteiger partial charge in [-0.05, 0) is 19.3 Å². The van der Waals surface area contributed by atoms with Crippen LogP contribution in [0, 0.1) is 0 Å². The second kappa shape index (κ2) is 4.18. The van der Waals surface area contributed by atoms with E-state index in [2.05, 4.69) is 14.9 Å². The van der Waals surface area contributed by atoms with Gasteiger partial charge in [0, 0.05) is 18.9 Å². The average Bonchev–Trinajstić information content (AvgIpc) is 2.77. The monoisotopic (exact) mass is 239 g/mol. The molecule has 0 aromatic carbocycles. The van der Waals surface area contributed by atoms with E-state index < -0.39 is 0 Å². The van der Waals surface area contributed by atoms with E-state index in [-0.39, 0.29) is 0 Å². The molecule has 1 aromatic heterocycles. The lowest BCUT2D eigenvalue weighted by molar-refractivity contribution is 0.0253. The number of halogens is 1. The summed E-state index contributed by atoms with van der Waals surface area (Å²) >= 11 is 6.09. The number of aromatic nitrogens is 2. The highest BCUT2D eigenvalue weighted by Gasteiger charge is 2.37. The van der Waals surface area contributed by atoms with E-state index in [4.69, 9.17) is 16.3 Å². The van der Waals surface area contributed by atoms with Crippen LogP contribution in [-0.2, 0) is 4.74 Å². The second-order valence-electron chi connectivity index (χ2n) is 4.27. The van der Waals surface area contributed by atoms with Gasteiger partial charge in [0.1, 0.15) is 0 Å². The Morgan fingerprint density at radius 1 is 1.31 bits per heavy atom. The van der Waals surface area contributed by atoms with E-state index in [9.17, 15) is 0 Å². The van der Waals surface area contributed by atoms with E-state index in [0.29, 0.717) is 17.3 Å². The van der Waals surface area contributed by atoms with Gasteiger partial charge in [-0.3, -0.25) is 0 Å². The molecule has 0 radical (unpaired) electrons. The number of fused-ring (bicyclic) bond motifs is 1. The van der Waals surface area contributed by atoms with Crippen LogP contribution in [0.1, 0.15) is 19.3 Å². The summed E-state index contributed by atoms with van der Waals surface area (Å²) in [6, 6.07) is 0.433. The molecule has 1 aromatic rings. The zero-order valence-electron chi connectivity index (χ0n) is 8.97. The second-order valence-corrected chi connectivity index (χ2v) is 4.63. The SMILES string of the molecule is Clc1nccnc1N1CCOC2CCCC21. The Kier molecular flexibility index (Phi) is 2.69. The molecule has 1 aliphatic heterocycles. The van der Waals surface area contributed by atoms with E-state index in [1.807, 2.05) is 0 Å². The fraction of sp³-hybridized carbons (Fsp3) is 0.636. The molecule has 86 valence electrons. The van der Waals surface area contributed by atoms with Crippen LogP contribution in [0.25, 0.3) is 0 Å². The first-order valence-electron chi connectivity index (χ1n) is 5.71. The molecule has 0 N–H and O–H groups in total. The van der Waals surface area contributed by atoms with E-state index in [1.54, 1.807) is 12.4 Å². The van der Waals surface area contributed by atoms with Crippen molar-refractivity contribution >= 4 is 17.4 Å². The summed E-state index contributed by atoms with van der Waals surface area (Å²) in [7, 11) is 0. The lowest BCUT2D eigenvalue weighted by Crippen LogP contribution is -2.49. The van der Waals surface area contributed by atoms with Gasteiger partial charge in [0.2, 0.25) is 0 Å². The molecule has 1 aliphatic carbocycles. The molecule has 1 saturated heterocycles. The van der Waals surface area contributed by atoms with Gasteiger partial charge in [-0.1, -0.05) is 11.6 Å². The molecular weight excluding hydrogens is 226 g/mol. The fourth-order valence-electron chi connectivity index (χ4n) is 2.69. The minimum Gasteiger partial charge on any atom is -0.374 e. The molecular formula is C11H14ClN3O. The maximum absolute atomic E-state index is 6.09. The van der Waals surface area contributed by atoms with Gasteiger partial charge in [-0.15, -0.1) is 0 Å². The fourth-order valence-corrected chi connectivity index (χ4v) is 2.91. The van der Waals surface area contributed by atoms with Crippen molar-refractivity contribution in [2.75, 3.05) is 18.1 Å². The Morgan fingerprint density at radius 3 is 3.06 bits per heavy atom. The first-order valence-corrected chi connectivity index (χ1v) is 6.09. The van der Waals surface area contributed by atoms with Crippen LogP contribution in [0.2, 0.25) is 5.15 Å². The highest BCUT2D eigenvalue weighted by atomic mass is 35.5. The van der Waals surface area contributed by atoms with Crippen LogP contribution in [0.4, 0.5) is 5.82 Å². The third-order valence-electron chi connectivity index (χ3n) is 3.39. The maximum Gasteiger partial charge on any atom is 0.171 e. The van der Waals surface area contributed by atoms with Crippen molar-refractivity contribution in [3.8, 4) is 0 Å². The quantitative estimate of drug-likeness (QED) is 0.750. The number of rotatable bonds is 1. The van der Waals surface area contributed by atoms with Crippen molar-refractivity contribution < 1.29 is 4.74 Å². The molecule has 5 heteroatoms. The third-order valence-corrected chi connectivity index (χ3v) is 3.66. The number of nitrogens with zero attached hydrogens (tertiary/aromatic N) is 3. The van der Waals surface area contributed by atoms with E-state index >= 15 is 0 Å². The zero-order valence-corrected chi connectivity index (χ0v) is 9.73. The van der Waals surface area contributed by atoms with Gasteiger partial charge >= 0.3 is 0 Å². The summed E-state index contributed by atoms with van der Waals surface area (Å²) in [6.45, 7) is 1.62. The largest absolute Gasteiger partial charge is 0.374 e. The summed E-state index contributed by atoms with van der Waals surface area (Å²) in [5.41, 5.74) is 0. The van der Waals surface area contributed by atoms with Gasteiger partial charge < -0.3 is 9.64 Å². The Bertz CT molecular complexity index is 387. The molecule has 0 bridgehead atoms. The molecule has 4 nitrogen and oxygen atoms in total. The predicted octanol–water partition coefficient (Wildman–Crippen LogP) is 1.89. The highest BCUT2D eigenvalue weighted by molar-refractivity contribution is 6.31. The van der Waals surface area contributed by atoms with Crippen molar-refractivity contribution in [3.05, 3.63) is 17.5 Å². The highest BCUT2D eigenvalue weighted by Crippen LogP contribution is 2.34. The number of ether oxygens (including phenoxy) is 1. The number of hydrogen-bond acceptors (Lipinski definition) is 4. The van der Waals surface area contributed by atoms with Gasteiger partial charge in [0.25, 0.3) is 0 Å². The molecule has 0 spiro atoms. The van der Waals surface area contributed by atoms with Crippen molar-refractivity contribution in [1.82, 2.24) is 9.97 Å². The summed E-state index contributed by atoms with van der Waals surface area (Å²) < 4.78 is 5.76. The number of morpholine rings is 1. The summed E-state index contributed by atoms with van der Waals surface area (Å²) in [4.78, 5) is 10.7. The Labute approximate surface area is 99.6 Å². The van der Waals surface area contributed by atoms with Crippen molar-refractivity contribution in [2.45, 2.75) is 31.4 Å². The predicted molar refractivity (Wildman–Crippen MR) is 61.8 cm³/mol. The van der Waals surface area contributed by atoms with Gasteiger partial charge in [0.05, 0.1) is 18.8 Å². The lowest BCUT2D eigenvalue weighted by atomic mass is 10.1. The molecule has 2 heterocycles. The number of hydrogen-bond donors (Lipinski definition) is 0. The number of anilines is 1. The molecule has 2 unspecified atom stereocenters. The molecule has 1 saturated carbocycles. The Hall–Kier alpha value is -0.870. The van der Waals surface area contributed by atoms with E-state index in [1.165, 1.54) is 6.42 Å². The van der Waals surface area contributed by atoms with Crippen LogP contribution < -0.4 is 4.90 Å². The molecule has 16 heavy (non-hydrogen) atoms. The topological polar surface area (TPSA) is 38.2 Å². The van der Waals surface area contributed by atoms with Crippen LogP contribution >= 0.6 is 11.6 Å². The standard InChI is InChI=1S/C11H14ClN3O/c12-10-11(14-5-4-13-10)15-6-7-16-9-3-1-2-8(9)15/h4-5,8-9H,1-3,6-7H2. The average molecular weight is 240 g/mol. The van der Waals surface area contributed by atoms with Crippen LogP contribution in [-0.4, -0.2) is 35.3 Å². The third kappa shape index (κ3) is 1.66.